The normalized spacial score (nSPS) is 11.1. The number of hydrogen-bond acceptors (Lipinski definition) is 8. The van der Waals surface area contributed by atoms with Gasteiger partial charge in [-0.25, -0.2) is 4.68 Å². The summed E-state index contributed by atoms with van der Waals surface area (Å²) in [5, 5.41) is 20.9. The summed E-state index contributed by atoms with van der Waals surface area (Å²) in [6.45, 7) is 4.00. The molecule has 0 fully saturated rings. The Bertz CT molecular complexity index is 593. The zero-order valence-electron chi connectivity index (χ0n) is 10.3. The number of nitrogens with two attached hydrogens (primary N) is 1. The van der Waals surface area contributed by atoms with E-state index < -0.39 is 5.97 Å². The van der Waals surface area contributed by atoms with Crippen LogP contribution in [0.25, 0.3) is 10.7 Å². The summed E-state index contributed by atoms with van der Waals surface area (Å²) in [6, 6.07) is 0. The first kappa shape index (κ1) is 13.7. The van der Waals surface area contributed by atoms with Gasteiger partial charge in [-0.05, 0) is 17.5 Å². The predicted octanol–water partition coefficient (Wildman–Crippen LogP) is 0.810. The molecule has 2 heterocycles. The monoisotopic (exact) mass is 300 g/mol. The van der Waals surface area contributed by atoms with Crippen LogP contribution in [0.2, 0.25) is 0 Å². The molecule has 2 aromatic heterocycles. The molecule has 0 saturated heterocycles. The fourth-order valence-electron chi connectivity index (χ4n) is 1.39. The van der Waals surface area contributed by atoms with Crippen molar-refractivity contribution in [2.75, 3.05) is 11.6 Å². The lowest BCUT2D eigenvalue weighted by Crippen LogP contribution is -2.12. The smallest absolute Gasteiger partial charge is 0.313 e. The molecule has 0 aliphatic carbocycles. The highest BCUT2D eigenvalue weighted by Gasteiger charge is 2.20. The van der Waals surface area contributed by atoms with Crippen LogP contribution in [0.4, 0.5) is 0 Å². The summed E-state index contributed by atoms with van der Waals surface area (Å²) < 4.78 is 5.17. The molecule has 0 saturated carbocycles. The molecule has 10 heteroatoms. The highest BCUT2D eigenvalue weighted by atomic mass is 32.2. The summed E-state index contributed by atoms with van der Waals surface area (Å²) in [5.74, 6) is 5.47. The van der Waals surface area contributed by atoms with E-state index in [1.807, 2.05) is 13.8 Å². The van der Waals surface area contributed by atoms with Gasteiger partial charge in [0.15, 0.2) is 5.82 Å². The number of carbonyl (C=O) groups is 1. The van der Waals surface area contributed by atoms with E-state index in [4.69, 9.17) is 10.9 Å². The zero-order valence-corrected chi connectivity index (χ0v) is 11.9. The lowest BCUT2D eigenvalue weighted by molar-refractivity contribution is -0.133. The fraction of sp³-hybridized carbons (Fsp3) is 0.444. The molecule has 0 spiro atoms. The van der Waals surface area contributed by atoms with E-state index >= 15 is 0 Å². The Hall–Kier alpha value is -1.68. The highest BCUT2D eigenvalue weighted by Crippen LogP contribution is 2.30. The summed E-state index contributed by atoms with van der Waals surface area (Å²) in [6.07, 6.45) is 0. The standard InChI is InChI=1S/C9H12N6O2S2/c1-4(2)6-7(19-14-11-6)8-12-13-9(15(8)10)18-3-5(16)17/h4H,3,10H2,1-2H3,(H,16,17). The predicted molar refractivity (Wildman–Crippen MR) is 71.5 cm³/mol. The minimum absolute atomic E-state index is 0.118. The van der Waals surface area contributed by atoms with Crippen LogP contribution in [0.1, 0.15) is 25.5 Å². The van der Waals surface area contributed by atoms with E-state index in [2.05, 4.69) is 19.8 Å². The zero-order chi connectivity index (χ0) is 14.0. The van der Waals surface area contributed by atoms with Gasteiger partial charge in [-0.1, -0.05) is 30.1 Å². The van der Waals surface area contributed by atoms with E-state index in [1.165, 1.54) is 16.2 Å². The summed E-state index contributed by atoms with van der Waals surface area (Å²) in [7, 11) is 0. The molecule has 0 aromatic carbocycles. The number of carboxylic acids is 1. The second kappa shape index (κ2) is 5.53. The molecule has 2 rings (SSSR count). The van der Waals surface area contributed by atoms with Crippen molar-refractivity contribution in [1.29, 1.82) is 0 Å². The lowest BCUT2D eigenvalue weighted by atomic mass is 10.1. The molecule has 0 aliphatic heterocycles. The molecule has 0 radical (unpaired) electrons. The number of aliphatic carboxylic acids is 1. The molecule has 19 heavy (non-hydrogen) atoms. The third-order valence-corrected chi connectivity index (χ3v) is 3.92. The molecule has 0 unspecified atom stereocenters. The summed E-state index contributed by atoms with van der Waals surface area (Å²) >= 11 is 2.21. The van der Waals surface area contributed by atoms with Crippen LogP contribution < -0.4 is 5.84 Å². The third kappa shape index (κ3) is 2.84. The van der Waals surface area contributed by atoms with Crippen LogP contribution in [0, 0.1) is 0 Å². The van der Waals surface area contributed by atoms with E-state index in [1.54, 1.807) is 0 Å². The van der Waals surface area contributed by atoms with Gasteiger partial charge >= 0.3 is 5.97 Å². The summed E-state index contributed by atoms with van der Waals surface area (Å²) in [5.41, 5.74) is 0.805. The van der Waals surface area contributed by atoms with E-state index in [0.29, 0.717) is 11.0 Å². The largest absolute Gasteiger partial charge is 0.481 e. The van der Waals surface area contributed by atoms with Gasteiger partial charge in [-0.3, -0.25) is 4.79 Å². The Kier molecular flexibility index (Phi) is 4.00. The van der Waals surface area contributed by atoms with Crippen LogP contribution in [0.3, 0.4) is 0 Å². The maximum absolute atomic E-state index is 10.5. The maximum atomic E-state index is 10.5. The van der Waals surface area contributed by atoms with Crippen molar-refractivity contribution < 1.29 is 9.90 Å². The van der Waals surface area contributed by atoms with Crippen LogP contribution in [0.15, 0.2) is 5.16 Å². The molecule has 102 valence electrons. The quantitative estimate of drug-likeness (QED) is 0.615. The SMILES string of the molecule is CC(C)c1nnsc1-c1nnc(SCC(=O)O)n1N. The molecular formula is C9H12N6O2S2. The van der Waals surface area contributed by atoms with Gasteiger partial charge in [0.1, 0.15) is 4.88 Å². The minimum atomic E-state index is -0.933. The molecule has 0 bridgehead atoms. The van der Waals surface area contributed by atoms with Crippen molar-refractivity contribution in [2.45, 2.75) is 24.9 Å². The number of rotatable bonds is 5. The van der Waals surface area contributed by atoms with Gasteiger partial charge in [-0.15, -0.1) is 15.3 Å². The Morgan fingerprint density at radius 1 is 1.47 bits per heavy atom. The van der Waals surface area contributed by atoms with E-state index in [-0.39, 0.29) is 11.7 Å². The third-order valence-electron chi connectivity index (χ3n) is 2.25. The van der Waals surface area contributed by atoms with Crippen LogP contribution in [-0.2, 0) is 4.79 Å². The van der Waals surface area contributed by atoms with Crippen molar-refractivity contribution in [3.05, 3.63) is 5.69 Å². The van der Waals surface area contributed by atoms with Gasteiger partial charge in [0.25, 0.3) is 0 Å². The van der Waals surface area contributed by atoms with Crippen molar-refractivity contribution in [3.63, 3.8) is 0 Å². The van der Waals surface area contributed by atoms with Crippen LogP contribution in [0.5, 0.6) is 0 Å². The number of hydrogen-bond donors (Lipinski definition) is 2. The number of nitrogens with zero attached hydrogens (tertiary/aromatic N) is 5. The average molecular weight is 300 g/mol. The van der Waals surface area contributed by atoms with E-state index in [9.17, 15) is 4.79 Å². The fourth-order valence-corrected chi connectivity index (χ4v) is 2.77. The highest BCUT2D eigenvalue weighted by molar-refractivity contribution is 7.99. The minimum Gasteiger partial charge on any atom is -0.481 e. The van der Waals surface area contributed by atoms with Crippen molar-refractivity contribution in [2.24, 2.45) is 0 Å². The maximum Gasteiger partial charge on any atom is 0.313 e. The molecule has 0 amide bonds. The number of thioether (sulfide) groups is 1. The molecule has 2 aromatic rings. The molecular weight excluding hydrogens is 288 g/mol. The van der Waals surface area contributed by atoms with E-state index in [0.717, 1.165) is 22.3 Å². The topological polar surface area (TPSA) is 120 Å². The van der Waals surface area contributed by atoms with Gasteiger partial charge in [0.05, 0.1) is 11.4 Å². The number of carboxylic acid groups (broad SMARTS) is 1. The van der Waals surface area contributed by atoms with Gasteiger partial charge in [-0.2, -0.15) is 0 Å². The molecule has 8 nitrogen and oxygen atoms in total. The van der Waals surface area contributed by atoms with Crippen molar-refractivity contribution in [1.82, 2.24) is 24.5 Å². The summed E-state index contributed by atoms with van der Waals surface area (Å²) in [4.78, 5) is 11.3. The number of aromatic nitrogens is 5. The first-order valence-electron chi connectivity index (χ1n) is 5.38. The van der Waals surface area contributed by atoms with Crippen LogP contribution >= 0.6 is 23.3 Å². The molecule has 3 N–H and O–H groups in total. The van der Waals surface area contributed by atoms with Gasteiger partial charge in [0.2, 0.25) is 5.16 Å². The first-order chi connectivity index (χ1) is 9.00. The lowest BCUT2D eigenvalue weighted by Gasteiger charge is -2.04. The Balaban J connectivity index is 2.31. The first-order valence-corrected chi connectivity index (χ1v) is 7.14. The van der Waals surface area contributed by atoms with Gasteiger partial charge in [0, 0.05) is 0 Å². The molecule has 0 atom stereocenters. The average Bonchev–Trinajstić information content (AvgIpc) is 2.92. The van der Waals surface area contributed by atoms with Crippen molar-refractivity contribution >= 4 is 29.3 Å². The van der Waals surface area contributed by atoms with Crippen LogP contribution in [-0.4, -0.2) is 41.3 Å². The Morgan fingerprint density at radius 3 is 2.84 bits per heavy atom. The second-order valence-corrected chi connectivity index (χ2v) is 5.70. The molecule has 0 aliphatic rings. The Labute approximate surface area is 117 Å². The van der Waals surface area contributed by atoms with Crippen molar-refractivity contribution in [3.8, 4) is 10.7 Å². The van der Waals surface area contributed by atoms with Gasteiger partial charge < -0.3 is 10.9 Å². The Morgan fingerprint density at radius 2 is 2.21 bits per heavy atom. The second-order valence-electron chi connectivity index (χ2n) is 4.00. The number of nitrogen functional groups attached to an aromatic ring is 1.